The number of rotatable bonds is 9. The van der Waals surface area contributed by atoms with Gasteiger partial charge in [-0.15, -0.1) is 12.3 Å². The molecule has 0 rings (SSSR count). The summed E-state index contributed by atoms with van der Waals surface area (Å²) >= 11 is 0. The molecule has 0 heteroatoms. The van der Waals surface area contributed by atoms with Crippen LogP contribution in [0.2, 0.25) is 0 Å². The largest absolute Gasteiger partial charge is 0.120 e. The normalized spacial score (nSPS) is 9.85. The summed E-state index contributed by atoms with van der Waals surface area (Å²) in [6.07, 6.45) is 18.0. The van der Waals surface area contributed by atoms with Crippen LogP contribution in [0.25, 0.3) is 0 Å². The third-order valence-corrected chi connectivity index (χ3v) is 2.32. The van der Waals surface area contributed by atoms with Crippen LogP contribution in [0.3, 0.4) is 0 Å². The van der Waals surface area contributed by atoms with Gasteiger partial charge in [0, 0.05) is 6.42 Å². The van der Waals surface area contributed by atoms with E-state index in [1.165, 1.54) is 51.4 Å². The van der Waals surface area contributed by atoms with E-state index in [0.717, 1.165) is 12.8 Å². The molecule has 0 amide bonds. The maximum Gasteiger partial charge on any atom is 0.00860 e. The van der Waals surface area contributed by atoms with Gasteiger partial charge in [-0.25, -0.2) is 0 Å². The minimum absolute atomic E-state index is 0.960. The van der Waals surface area contributed by atoms with E-state index >= 15 is 0 Å². The average molecular weight is 179 g/mol. The van der Waals surface area contributed by atoms with Gasteiger partial charge in [0.2, 0.25) is 0 Å². The summed E-state index contributed by atoms with van der Waals surface area (Å²) in [6.45, 7) is 3.83. The fraction of sp³-hybridized carbons (Fsp3) is 0.769. The summed E-state index contributed by atoms with van der Waals surface area (Å²) < 4.78 is 0. The van der Waals surface area contributed by atoms with Crippen molar-refractivity contribution in [2.45, 2.75) is 64.2 Å². The third-order valence-electron chi connectivity index (χ3n) is 2.32. The van der Waals surface area contributed by atoms with Crippen LogP contribution in [0, 0.1) is 19.3 Å². The van der Waals surface area contributed by atoms with Gasteiger partial charge in [-0.2, -0.15) is 0 Å². The smallest absolute Gasteiger partial charge is 0.00860 e. The van der Waals surface area contributed by atoms with E-state index in [1.54, 1.807) is 0 Å². The predicted octanol–water partition coefficient (Wildman–Crippen LogP) is 4.35. The van der Waals surface area contributed by atoms with Crippen LogP contribution in [0.4, 0.5) is 0 Å². The minimum Gasteiger partial charge on any atom is -0.120 e. The Morgan fingerprint density at radius 2 is 1.23 bits per heavy atom. The van der Waals surface area contributed by atoms with Crippen molar-refractivity contribution in [1.29, 1.82) is 0 Å². The van der Waals surface area contributed by atoms with Crippen LogP contribution in [-0.4, -0.2) is 0 Å². The first-order valence-corrected chi connectivity index (χ1v) is 5.64. The Bertz CT molecular complexity index is 118. The van der Waals surface area contributed by atoms with Crippen molar-refractivity contribution >= 4 is 0 Å². The zero-order valence-corrected chi connectivity index (χ0v) is 8.86. The lowest BCUT2D eigenvalue weighted by Gasteiger charge is -1.99. The molecule has 0 fully saturated rings. The molecule has 0 aliphatic carbocycles. The summed E-state index contributed by atoms with van der Waals surface area (Å²) in [5, 5.41) is 0. The van der Waals surface area contributed by atoms with Crippen molar-refractivity contribution in [3.8, 4) is 12.3 Å². The minimum atomic E-state index is 0.960. The van der Waals surface area contributed by atoms with E-state index in [9.17, 15) is 0 Å². The molecule has 0 saturated heterocycles. The van der Waals surface area contributed by atoms with Crippen LogP contribution >= 0.6 is 0 Å². The molecule has 0 saturated carbocycles. The fourth-order valence-corrected chi connectivity index (χ4v) is 1.46. The molecule has 13 heavy (non-hydrogen) atoms. The highest BCUT2D eigenvalue weighted by Gasteiger charge is 1.90. The van der Waals surface area contributed by atoms with Gasteiger partial charge in [0.1, 0.15) is 0 Å². The molecule has 0 unspecified atom stereocenters. The first-order chi connectivity index (χ1) is 6.41. The molecule has 0 aliphatic rings. The summed E-state index contributed by atoms with van der Waals surface area (Å²) in [7, 11) is 0. The molecular weight excluding hydrogens is 156 g/mol. The van der Waals surface area contributed by atoms with Crippen molar-refractivity contribution in [1.82, 2.24) is 0 Å². The lowest BCUT2D eigenvalue weighted by molar-refractivity contribution is 0.572. The van der Waals surface area contributed by atoms with Crippen molar-refractivity contribution in [2.24, 2.45) is 0 Å². The summed E-state index contributed by atoms with van der Waals surface area (Å²) in [6, 6.07) is 0. The molecule has 1 radical (unpaired) electrons. The topological polar surface area (TPSA) is 0 Å². The Hall–Kier alpha value is -0.440. The molecule has 0 aromatic carbocycles. The summed E-state index contributed by atoms with van der Waals surface area (Å²) in [5.74, 6) is 2.68. The first kappa shape index (κ1) is 12.6. The highest BCUT2D eigenvalue weighted by molar-refractivity contribution is 4.82. The molecule has 0 aliphatic heterocycles. The zero-order valence-electron chi connectivity index (χ0n) is 8.86. The van der Waals surface area contributed by atoms with Crippen molar-refractivity contribution in [3.05, 3.63) is 6.92 Å². The predicted molar refractivity (Wildman–Crippen MR) is 60.4 cm³/mol. The Morgan fingerprint density at radius 1 is 0.769 bits per heavy atom. The van der Waals surface area contributed by atoms with E-state index in [2.05, 4.69) is 12.8 Å². The second kappa shape index (κ2) is 11.6. The molecular formula is C13H23. The number of unbranched alkanes of at least 4 members (excludes halogenated alkanes) is 9. The Labute approximate surface area is 84.1 Å². The van der Waals surface area contributed by atoms with E-state index in [0.29, 0.717) is 0 Å². The number of hydrogen-bond acceptors (Lipinski definition) is 0. The van der Waals surface area contributed by atoms with Crippen molar-refractivity contribution < 1.29 is 0 Å². The summed E-state index contributed by atoms with van der Waals surface area (Å²) in [5.41, 5.74) is 0. The van der Waals surface area contributed by atoms with E-state index in [-0.39, 0.29) is 0 Å². The van der Waals surface area contributed by atoms with Gasteiger partial charge in [-0.05, 0) is 6.42 Å². The van der Waals surface area contributed by atoms with E-state index in [1.807, 2.05) is 0 Å². The highest BCUT2D eigenvalue weighted by Crippen LogP contribution is 2.09. The van der Waals surface area contributed by atoms with Gasteiger partial charge in [0.05, 0.1) is 0 Å². The van der Waals surface area contributed by atoms with Crippen LogP contribution in [0.15, 0.2) is 0 Å². The molecule has 0 nitrogen and oxygen atoms in total. The quantitative estimate of drug-likeness (QED) is 0.364. The van der Waals surface area contributed by atoms with Crippen molar-refractivity contribution in [3.63, 3.8) is 0 Å². The second-order valence-corrected chi connectivity index (χ2v) is 3.64. The van der Waals surface area contributed by atoms with E-state index < -0.39 is 0 Å². The highest BCUT2D eigenvalue weighted by atomic mass is 14.0. The Kier molecular flexibility index (Phi) is 11.2. The van der Waals surface area contributed by atoms with Gasteiger partial charge >= 0.3 is 0 Å². The average Bonchev–Trinajstić information content (AvgIpc) is 2.16. The second-order valence-electron chi connectivity index (χ2n) is 3.64. The maximum atomic E-state index is 5.17. The van der Waals surface area contributed by atoms with Gasteiger partial charge in [-0.1, -0.05) is 58.3 Å². The molecule has 0 atom stereocenters. The third kappa shape index (κ3) is 11.6. The summed E-state index contributed by atoms with van der Waals surface area (Å²) in [4.78, 5) is 0. The van der Waals surface area contributed by atoms with Gasteiger partial charge in [0.25, 0.3) is 0 Å². The van der Waals surface area contributed by atoms with Crippen LogP contribution in [0.5, 0.6) is 0 Å². The monoisotopic (exact) mass is 179 g/mol. The molecule has 0 N–H and O–H groups in total. The zero-order chi connectivity index (χ0) is 9.78. The van der Waals surface area contributed by atoms with Crippen LogP contribution in [-0.2, 0) is 0 Å². The van der Waals surface area contributed by atoms with Crippen LogP contribution in [0.1, 0.15) is 64.2 Å². The first-order valence-electron chi connectivity index (χ1n) is 5.64. The number of hydrogen-bond donors (Lipinski definition) is 0. The maximum absolute atomic E-state index is 5.17. The van der Waals surface area contributed by atoms with E-state index in [4.69, 9.17) is 6.42 Å². The van der Waals surface area contributed by atoms with Gasteiger partial charge in [0.15, 0.2) is 0 Å². The molecule has 0 aromatic heterocycles. The molecule has 0 heterocycles. The molecule has 75 valence electrons. The fourth-order valence-electron chi connectivity index (χ4n) is 1.46. The lowest BCUT2D eigenvalue weighted by Crippen LogP contribution is -1.80. The SMILES string of the molecule is C#CCCCCCCCCCC[CH2]. The van der Waals surface area contributed by atoms with Gasteiger partial charge in [-0.3, -0.25) is 0 Å². The standard InChI is InChI=1S/C13H23/c1-3-5-7-9-11-13-12-10-8-6-4-2/h1H,2,4-13H2. The Balaban J connectivity index is 2.80. The molecule has 0 aromatic rings. The van der Waals surface area contributed by atoms with Crippen molar-refractivity contribution in [2.75, 3.05) is 0 Å². The molecule has 0 spiro atoms. The number of terminal acetylenes is 1. The van der Waals surface area contributed by atoms with Gasteiger partial charge < -0.3 is 0 Å². The molecule has 0 bridgehead atoms. The lowest BCUT2D eigenvalue weighted by atomic mass is 10.1. The van der Waals surface area contributed by atoms with Crippen LogP contribution < -0.4 is 0 Å². The Morgan fingerprint density at radius 3 is 1.69 bits per heavy atom.